The number of fused-ring (bicyclic) bond motifs is 1. The third kappa shape index (κ3) is 2.77. The molecule has 0 N–H and O–H groups in total. The summed E-state index contributed by atoms with van der Waals surface area (Å²) in [5.74, 6) is 0.0323. The lowest BCUT2D eigenvalue weighted by Gasteiger charge is -2.23. The maximum Gasteiger partial charge on any atom is 0.243 e. The Kier molecular flexibility index (Phi) is 4.18. The second-order valence-corrected chi connectivity index (χ2v) is 10.2. The van der Waals surface area contributed by atoms with Crippen molar-refractivity contribution in [3.05, 3.63) is 23.8 Å². The molecule has 0 unspecified atom stereocenters. The van der Waals surface area contributed by atoms with Crippen molar-refractivity contribution >= 4 is 25.7 Å². The smallest absolute Gasteiger partial charge is 0.243 e. The molecule has 2 heterocycles. The van der Waals surface area contributed by atoms with Crippen molar-refractivity contribution in [2.24, 2.45) is 0 Å². The lowest BCUT2D eigenvalue weighted by molar-refractivity contribution is 0.477. The maximum absolute atomic E-state index is 12.6. The number of benzene rings is 1. The van der Waals surface area contributed by atoms with Crippen LogP contribution in [0, 0.1) is 0 Å². The fraction of sp³-hybridized carbons (Fsp3) is 0.600. The van der Waals surface area contributed by atoms with E-state index in [4.69, 9.17) is 0 Å². The van der Waals surface area contributed by atoms with Crippen LogP contribution >= 0.6 is 0 Å². The number of sulfonamides is 2. The monoisotopic (exact) mass is 358 g/mol. The Hall–Kier alpha value is -1.12. The SMILES string of the molecule is CCS(=O)(=O)N1c2ccc(S(=O)(=O)N3CCCC3)cc2C[C@@H]1C. The van der Waals surface area contributed by atoms with E-state index in [-0.39, 0.29) is 16.7 Å². The Morgan fingerprint density at radius 1 is 1.13 bits per heavy atom. The first kappa shape index (κ1) is 16.7. The molecule has 6 nitrogen and oxygen atoms in total. The van der Waals surface area contributed by atoms with Gasteiger partial charge < -0.3 is 0 Å². The molecule has 2 aliphatic rings. The van der Waals surface area contributed by atoms with Crippen LogP contribution in [0.15, 0.2) is 23.1 Å². The summed E-state index contributed by atoms with van der Waals surface area (Å²) in [5.41, 5.74) is 1.40. The molecule has 0 aliphatic carbocycles. The van der Waals surface area contributed by atoms with Gasteiger partial charge in [-0.3, -0.25) is 4.31 Å². The minimum atomic E-state index is -3.47. The molecule has 0 bridgehead atoms. The highest BCUT2D eigenvalue weighted by Crippen LogP contribution is 2.36. The highest BCUT2D eigenvalue weighted by atomic mass is 32.2. The lowest BCUT2D eigenvalue weighted by Crippen LogP contribution is -2.36. The Bertz CT molecular complexity index is 812. The predicted octanol–water partition coefficient (Wildman–Crippen LogP) is 1.57. The molecule has 1 aromatic carbocycles. The maximum atomic E-state index is 12.6. The van der Waals surface area contributed by atoms with Crippen molar-refractivity contribution in [1.82, 2.24) is 4.31 Å². The summed E-state index contributed by atoms with van der Waals surface area (Å²) in [6.45, 7) is 4.59. The molecule has 1 atom stereocenters. The molecule has 2 aliphatic heterocycles. The van der Waals surface area contributed by atoms with E-state index in [1.165, 1.54) is 14.7 Å². The minimum Gasteiger partial charge on any atom is -0.267 e. The first-order valence-electron chi connectivity index (χ1n) is 7.92. The largest absolute Gasteiger partial charge is 0.267 e. The minimum absolute atomic E-state index is 0.0323. The van der Waals surface area contributed by atoms with Crippen LogP contribution in [-0.2, 0) is 26.5 Å². The second kappa shape index (κ2) is 5.75. The van der Waals surface area contributed by atoms with Crippen molar-refractivity contribution in [3.63, 3.8) is 0 Å². The molecule has 0 amide bonds. The van der Waals surface area contributed by atoms with Crippen LogP contribution < -0.4 is 4.31 Å². The number of nitrogens with zero attached hydrogens (tertiary/aromatic N) is 2. The van der Waals surface area contributed by atoms with Crippen LogP contribution in [-0.4, -0.2) is 46.0 Å². The molecule has 1 saturated heterocycles. The molecule has 1 aromatic rings. The van der Waals surface area contributed by atoms with E-state index in [0.717, 1.165) is 18.4 Å². The first-order chi connectivity index (χ1) is 10.8. The predicted molar refractivity (Wildman–Crippen MR) is 89.5 cm³/mol. The molecule has 0 saturated carbocycles. The van der Waals surface area contributed by atoms with Gasteiger partial charge in [-0.15, -0.1) is 0 Å². The Labute approximate surface area is 138 Å². The van der Waals surface area contributed by atoms with Crippen LogP contribution in [0.25, 0.3) is 0 Å². The molecule has 128 valence electrons. The summed E-state index contributed by atoms with van der Waals surface area (Å²) in [6.07, 6.45) is 2.32. The average molecular weight is 358 g/mol. The topological polar surface area (TPSA) is 74.8 Å². The summed E-state index contributed by atoms with van der Waals surface area (Å²) in [5, 5.41) is 0. The van der Waals surface area contributed by atoms with E-state index < -0.39 is 20.0 Å². The molecule has 0 spiro atoms. The Morgan fingerprint density at radius 2 is 1.78 bits per heavy atom. The molecule has 0 radical (unpaired) electrons. The zero-order chi connectivity index (χ0) is 16.8. The Morgan fingerprint density at radius 3 is 2.39 bits per heavy atom. The van der Waals surface area contributed by atoms with Crippen molar-refractivity contribution in [1.29, 1.82) is 0 Å². The van der Waals surface area contributed by atoms with Crippen LogP contribution in [0.2, 0.25) is 0 Å². The van der Waals surface area contributed by atoms with E-state index in [1.807, 2.05) is 6.92 Å². The normalized spacial score (nSPS) is 22.5. The molecule has 1 fully saturated rings. The van der Waals surface area contributed by atoms with Gasteiger partial charge >= 0.3 is 0 Å². The molecular weight excluding hydrogens is 336 g/mol. The first-order valence-corrected chi connectivity index (χ1v) is 11.0. The lowest BCUT2D eigenvalue weighted by atomic mass is 10.1. The van der Waals surface area contributed by atoms with E-state index in [1.54, 1.807) is 19.1 Å². The van der Waals surface area contributed by atoms with Gasteiger partial charge in [-0.1, -0.05) is 0 Å². The third-order valence-corrected chi connectivity index (χ3v) is 8.35. The summed E-state index contributed by atoms with van der Waals surface area (Å²) in [7, 11) is -6.82. The summed E-state index contributed by atoms with van der Waals surface area (Å²) in [6, 6.07) is 4.63. The Balaban J connectivity index is 2.01. The van der Waals surface area contributed by atoms with Crippen LogP contribution in [0.5, 0.6) is 0 Å². The molecule has 8 heteroatoms. The molecule has 3 rings (SSSR count). The van der Waals surface area contributed by atoms with Crippen LogP contribution in [0.4, 0.5) is 5.69 Å². The fourth-order valence-corrected chi connectivity index (χ4v) is 6.33. The van der Waals surface area contributed by atoms with Gasteiger partial charge in [0.1, 0.15) is 0 Å². The van der Waals surface area contributed by atoms with Gasteiger partial charge in [0.2, 0.25) is 20.0 Å². The van der Waals surface area contributed by atoms with Crippen LogP contribution in [0.3, 0.4) is 0 Å². The zero-order valence-electron chi connectivity index (χ0n) is 13.4. The summed E-state index contributed by atoms with van der Waals surface area (Å²) >= 11 is 0. The van der Waals surface area contributed by atoms with E-state index in [9.17, 15) is 16.8 Å². The van der Waals surface area contributed by atoms with E-state index in [2.05, 4.69) is 0 Å². The fourth-order valence-electron chi connectivity index (χ4n) is 3.38. The number of rotatable bonds is 4. The van der Waals surface area contributed by atoms with E-state index >= 15 is 0 Å². The van der Waals surface area contributed by atoms with Crippen molar-refractivity contribution in [3.8, 4) is 0 Å². The van der Waals surface area contributed by atoms with Gasteiger partial charge in [-0.05, 0) is 56.9 Å². The summed E-state index contributed by atoms with van der Waals surface area (Å²) < 4.78 is 52.8. The molecule has 23 heavy (non-hydrogen) atoms. The van der Waals surface area contributed by atoms with Gasteiger partial charge in [-0.25, -0.2) is 16.8 Å². The summed E-state index contributed by atoms with van der Waals surface area (Å²) in [4.78, 5) is 0.265. The highest BCUT2D eigenvalue weighted by molar-refractivity contribution is 7.92. The van der Waals surface area contributed by atoms with Gasteiger partial charge in [0.15, 0.2) is 0 Å². The molecular formula is C15H22N2O4S2. The standard InChI is InChI=1S/C15H22N2O4S2/c1-3-22(18,19)17-12(2)10-13-11-14(6-7-15(13)17)23(20,21)16-8-4-5-9-16/h6-7,11-12H,3-5,8-10H2,1-2H3/t12-/m0/s1. The number of hydrogen-bond acceptors (Lipinski definition) is 4. The van der Waals surface area contributed by atoms with Gasteiger partial charge in [-0.2, -0.15) is 4.31 Å². The molecule has 0 aromatic heterocycles. The quantitative estimate of drug-likeness (QED) is 0.819. The van der Waals surface area contributed by atoms with Crippen LogP contribution in [0.1, 0.15) is 32.3 Å². The van der Waals surface area contributed by atoms with Crippen molar-refractivity contribution in [2.45, 2.75) is 44.0 Å². The van der Waals surface area contributed by atoms with Gasteiger partial charge in [0, 0.05) is 19.1 Å². The van der Waals surface area contributed by atoms with Crippen molar-refractivity contribution in [2.75, 3.05) is 23.1 Å². The third-order valence-electron chi connectivity index (χ3n) is 4.57. The van der Waals surface area contributed by atoms with Crippen molar-refractivity contribution < 1.29 is 16.8 Å². The number of anilines is 1. The second-order valence-electron chi connectivity index (χ2n) is 6.15. The zero-order valence-corrected chi connectivity index (χ0v) is 15.0. The van der Waals surface area contributed by atoms with Gasteiger partial charge in [0.25, 0.3) is 0 Å². The van der Waals surface area contributed by atoms with E-state index in [0.29, 0.717) is 25.2 Å². The van der Waals surface area contributed by atoms with Gasteiger partial charge in [0.05, 0.1) is 16.3 Å². The number of hydrogen-bond donors (Lipinski definition) is 0. The highest BCUT2D eigenvalue weighted by Gasteiger charge is 2.35. The average Bonchev–Trinajstić information content (AvgIpc) is 3.13.